The van der Waals surface area contributed by atoms with Gasteiger partial charge >= 0.3 is 0 Å². The summed E-state index contributed by atoms with van der Waals surface area (Å²) in [4.78, 5) is 12.8. The lowest BCUT2D eigenvalue weighted by Gasteiger charge is -2.13. The van der Waals surface area contributed by atoms with Crippen LogP contribution in [0.15, 0.2) is 30.3 Å². The van der Waals surface area contributed by atoms with Gasteiger partial charge < -0.3 is 4.74 Å². The van der Waals surface area contributed by atoms with Crippen molar-refractivity contribution in [3.05, 3.63) is 58.1 Å². The fourth-order valence-electron chi connectivity index (χ4n) is 3.00. The number of aryl methyl sites for hydroxylation is 4. The third-order valence-electron chi connectivity index (χ3n) is 4.31. The van der Waals surface area contributed by atoms with E-state index in [2.05, 4.69) is 39.8 Å². The molecule has 2 nitrogen and oxygen atoms in total. The molecular formula is C22H29O2P. The maximum Gasteiger partial charge on any atom is 0.186 e. The molecule has 0 heterocycles. The molecule has 0 aromatic heterocycles. The predicted octanol–water partition coefficient (Wildman–Crippen LogP) is 5.49. The molecule has 134 valence electrons. The number of rotatable bonds is 7. The van der Waals surface area contributed by atoms with Crippen LogP contribution in [-0.4, -0.2) is 12.1 Å². The maximum absolute atomic E-state index is 12.8. The first-order valence-corrected chi connectivity index (χ1v) is 9.90. The Balaban J connectivity index is 2.11. The van der Waals surface area contributed by atoms with E-state index in [9.17, 15) is 4.79 Å². The van der Waals surface area contributed by atoms with Gasteiger partial charge in [-0.2, -0.15) is 0 Å². The summed E-state index contributed by atoms with van der Waals surface area (Å²) in [5.41, 5.74) is 5.56. The number of benzene rings is 2. The fourth-order valence-corrected chi connectivity index (χ4v) is 4.20. The van der Waals surface area contributed by atoms with Gasteiger partial charge in [0.2, 0.25) is 0 Å². The van der Waals surface area contributed by atoms with Crippen LogP contribution in [-0.2, 0) is 0 Å². The SMILES string of the molecule is Cc1cc(C)c(C(=O)Pc2ccc(OCCC(C)C)cc2C)c(C)c1. The molecule has 0 saturated carbocycles. The summed E-state index contributed by atoms with van der Waals surface area (Å²) in [6, 6.07) is 10.2. The Labute approximate surface area is 153 Å². The summed E-state index contributed by atoms with van der Waals surface area (Å²) in [6.07, 6.45) is 1.05. The van der Waals surface area contributed by atoms with Crippen LogP contribution in [0.4, 0.5) is 0 Å². The van der Waals surface area contributed by atoms with Gasteiger partial charge in [0.1, 0.15) is 5.75 Å². The monoisotopic (exact) mass is 356 g/mol. The molecule has 0 saturated heterocycles. The summed E-state index contributed by atoms with van der Waals surface area (Å²) < 4.78 is 5.81. The minimum Gasteiger partial charge on any atom is -0.494 e. The van der Waals surface area contributed by atoms with Gasteiger partial charge in [-0.1, -0.05) is 37.6 Å². The van der Waals surface area contributed by atoms with E-state index in [0.717, 1.165) is 46.3 Å². The zero-order chi connectivity index (χ0) is 18.6. The molecule has 2 aromatic carbocycles. The second-order valence-corrected chi connectivity index (χ2v) is 8.48. The van der Waals surface area contributed by atoms with Gasteiger partial charge in [-0.25, -0.2) is 0 Å². The molecule has 0 aliphatic carbocycles. The second kappa shape index (κ2) is 8.63. The van der Waals surface area contributed by atoms with E-state index in [0.29, 0.717) is 5.92 Å². The van der Waals surface area contributed by atoms with Crippen LogP contribution in [0.25, 0.3) is 0 Å². The molecule has 25 heavy (non-hydrogen) atoms. The number of ether oxygens (including phenoxy) is 1. The van der Waals surface area contributed by atoms with Gasteiger partial charge in [0, 0.05) is 5.56 Å². The largest absolute Gasteiger partial charge is 0.494 e. The number of carbonyl (C=O) groups excluding carboxylic acids is 1. The van der Waals surface area contributed by atoms with Crippen LogP contribution in [0.2, 0.25) is 0 Å². The van der Waals surface area contributed by atoms with E-state index < -0.39 is 0 Å². The van der Waals surface area contributed by atoms with Crippen molar-refractivity contribution in [3.63, 3.8) is 0 Å². The maximum atomic E-state index is 12.8. The smallest absolute Gasteiger partial charge is 0.186 e. The van der Waals surface area contributed by atoms with Crippen molar-refractivity contribution >= 4 is 19.4 Å². The molecule has 0 spiro atoms. The Hall–Kier alpha value is -1.66. The molecule has 0 bridgehead atoms. The first kappa shape index (κ1) is 19.7. The van der Waals surface area contributed by atoms with E-state index in [1.54, 1.807) is 0 Å². The Morgan fingerprint density at radius 3 is 2.20 bits per heavy atom. The lowest BCUT2D eigenvalue weighted by molar-refractivity contribution is 0.108. The van der Waals surface area contributed by atoms with Crippen LogP contribution in [0, 0.1) is 33.6 Å². The first-order valence-electron chi connectivity index (χ1n) is 8.90. The molecule has 0 amide bonds. The zero-order valence-corrected chi connectivity index (χ0v) is 17.2. The van der Waals surface area contributed by atoms with Crippen molar-refractivity contribution < 1.29 is 9.53 Å². The molecule has 3 heteroatoms. The molecule has 0 aliphatic rings. The molecular weight excluding hydrogens is 327 g/mol. The normalized spacial score (nSPS) is 11.5. The quantitative estimate of drug-likeness (QED) is 0.613. The van der Waals surface area contributed by atoms with Gasteiger partial charge in [-0.15, -0.1) is 0 Å². The van der Waals surface area contributed by atoms with Crippen molar-refractivity contribution in [1.82, 2.24) is 0 Å². The lowest BCUT2D eigenvalue weighted by atomic mass is 10.0. The van der Waals surface area contributed by atoms with Crippen LogP contribution in [0.5, 0.6) is 5.75 Å². The Bertz CT molecular complexity index is 740. The van der Waals surface area contributed by atoms with E-state index >= 15 is 0 Å². The van der Waals surface area contributed by atoms with Crippen LogP contribution in [0.1, 0.15) is 52.9 Å². The third-order valence-corrected chi connectivity index (χ3v) is 5.62. The summed E-state index contributed by atoms with van der Waals surface area (Å²) in [6.45, 7) is 13.3. The number of hydrogen-bond donors (Lipinski definition) is 0. The van der Waals surface area contributed by atoms with Crippen LogP contribution in [0.3, 0.4) is 0 Å². The van der Waals surface area contributed by atoms with Crippen molar-refractivity contribution in [2.24, 2.45) is 5.92 Å². The molecule has 0 fully saturated rings. The molecule has 2 rings (SSSR count). The highest BCUT2D eigenvalue weighted by atomic mass is 31.1. The number of carbonyl (C=O) groups is 1. The molecule has 0 aliphatic heterocycles. The topological polar surface area (TPSA) is 26.3 Å². The van der Waals surface area contributed by atoms with Crippen molar-refractivity contribution in [2.45, 2.75) is 48.0 Å². The van der Waals surface area contributed by atoms with E-state index in [1.165, 1.54) is 5.56 Å². The second-order valence-electron chi connectivity index (χ2n) is 7.24. The minimum atomic E-state index is 0.144. The molecule has 0 N–H and O–H groups in total. The molecule has 1 unspecified atom stereocenters. The highest BCUT2D eigenvalue weighted by Gasteiger charge is 2.15. The summed E-state index contributed by atoms with van der Waals surface area (Å²) >= 11 is 0. The highest BCUT2D eigenvalue weighted by Crippen LogP contribution is 2.27. The highest BCUT2D eigenvalue weighted by molar-refractivity contribution is 7.66. The van der Waals surface area contributed by atoms with Crippen molar-refractivity contribution in [1.29, 1.82) is 0 Å². The van der Waals surface area contributed by atoms with E-state index in [-0.39, 0.29) is 14.1 Å². The molecule has 1 atom stereocenters. The molecule has 0 radical (unpaired) electrons. The van der Waals surface area contributed by atoms with Gasteiger partial charge in [0.05, 0.1) is 6.61 Å². The summed E-state index contributed by atoms with van der Waals surface area (Å²) in [5, 5.41) is 1.10. The van der Waals surface area contributed by atoms with Crippen LogP contribution >= 0.6 is 8.58 Å². The van der Waals surface area contributed by atoms with E-state index in [4.69, 9.17) is 4.74 Å². The lowest BCUT2D eigenvalue weighted by Crippen LogP contribution is -2.08. The Kier molecular flexibility index (Phi) is 6.79. The fraction of sp³-hybridized carbons (Fsp3) is 0.409. The van der Waals surface area contributed by atoms with E-state index in [1.807, 2.05) is 32.0 Å². The van der Waals surface area contributed by atoms with Crippen LogP contribution < -0.4 is 10.0 Å². The average molecular weight is 356 g/mol. The Morgan fingerprint density at radius 2 is 1.64 bits per heavy atom. The minimum absolute atomic E-state index is 0.144. The third kappa shape index (κ3) is 5.41. The van der Waals surface area contributed by atoms with Crippen molar-refractivity contribution in [2.75, 3.05) is 6.61 Å². The molecule has 2 aromatic rings. The van der Waals surface area contributed by atoms with Gasteiger partial charge in [-0.3, -0.25) is 4.79 Å². The van der Waals surface area contributed by atoms with Gasteiger partial charge in [0.25, 0.3) is 0 Å². The number of hydrogen-bond acceptors (Lipinski definition) is 2. The standard InChI is InChI=1S/C22H29O2P/c1-14(2)9-10-24-19-7-8-20(16(4)13-19)25-22(23)21-17(5)11-15(3)12-18(21)6/h7-8,11-14,25H,9-10H2,1-6H3. The average Bonchev–Trinajstić information content (AvgIpc) is 2.48. The Morgan fingerprint density at radius 1 is 1.00 bits per heavy atom. The van der Waals surface area contributed by atoms with Gasteiger partial charge in [0.15, 0.2) is 5.52 Å². The van der Waals surface area contributed by atoms with Gasteiger partial charge in [-0.05, 0) is 82.7 Å². The van der Waals surface area contributed by atoms with Crippen molar-refractivity contribution in [3.8, 4) is 5.75 Å². The predicted molar refractivity (Wildman–Crippen MR) is 109 cm³/mol. The summed E-state index contributed by atoms with van der Waals surface area (Å²) in [7, 11) is 0.144. The zero-order valence-electron chi connectivity index (χ0n) is 16.2. The summed E-state index contributed by atoms with van der Waals surface area (Å²) in [5.74, 6) is 1.53. The first-order chi connectivity index (χ1) is 11.8.